The van der Waals surface area contributed by atoms with E-state index in [-0.39, 0.29) is 18.8 Å². The number of hydrogen-bond donors (Lipinski definition) is 1. The number of hydrogen-bond acceptors (Lipinski definition) is 5. The maximum Gasteiger partial charge on any atom is 0.322 e. The smallest absolute Gasteiger partial charge is 0.322 e. The molecule has 0 bridgehead atoms. The summed E-state index contributed by atoms with van der Waals surface area (Å²) in [5.74, 6) is 1.23. The van der Waals surface area contributed by atoms with Gasteiger partial charge in [-0.2, -0.15) is 0 Å². The van der Waals surface area contributed by atoms with Crippen molar-refractivity contribution in [1.29, 1.82) is 0 Å². The topological polar surface area (TPSA) is 56.8 Å². The minimum Gasteiger partial charge on any atom is -0.468 e. The third-order valence-electron chi connectivity index (χ3n) is 2.60. The number of carbonyl (C=O) groups excluding carboxylic acids is 1. The lowest BCUT2D eigenvalue weighted by Gasteiger charge is -2.11. The van der Waals surface area contributed by atoms with Gasteiger partial charge in [-0.1, -0.05) is 6.07 Å². The van der Waals surface area contributed by atoms with Gasteiger partial charge in [0.2, 0.25) is 6.79 Å². The summed E-state index contributed by atoms with van der Waals surface area (Å²) >= 11 is 0. The second kappa shape index (κ2) is 5.05. The number of methoxy groups -OCH3 is 1. The molecule has 0 spiro atoms. The Morgan fingerprint density at radius 3 is 3.00 bits per heavy atom. The van der Waals surface area contributed by atoms with Gasteiger partial charge in [0.15, 0.2) is 11.5 Å². The van der Waals surface area contributed by atoms with Crippen molar-refractivity contribution >= 4 is 5.97 Å². The van der Waals surface area contributed by atoms with Crippen LogP contribution in [0.4, 0.5) is 0 Å². The summed E-state index contributed by atoms with van der Waals surface area (Å²) < 4.78 is 15.1. The summed E-state index contributed by atoms with van der Waals surface area (Å²) in [7, 11) is 1.38. The number of carbonyl (C=O) groups is 1. The van der Waals surface area contributed by atoms with Crippen LogP contribution in [0.5, 0.6) is 11.5 Å². The maximum absolute atomic E-state index is 11.2. The molecule has 1 atom stereocenters. The third-order valence-corrected chi connectivity index (χ3v) is 2.60. The molecule has 0 unspecified atom stereocenters. The molecule has 1 heterocycles. The summed E-state index contributed by atoms with van der Waals surface area (Å²) in [5.41, 5.74) is 1.03. The second-order valence-electron chi connectivity index (χ2n) is 3.81. The van der Waals surface area contributed by atoms with Gasteiger partial charge >= 0.3 is 5.97 Å². The van der Waals surface area contributed by atoms with Gasteiger partial charge in [0.25, 0.3) is 0 Å². The number of benzene rings is 1. The molecular formula is C12H15NO4. The van der Waals surface area contributed by atoms with Crippen molar-refractivity contribution in [2.75, 3.05) is 13.9 Å². The number of nitrogens with one attached hydrogen (secondary N) is 1. The molecule has 5 nitrogen and oxygen atoms in total. The van der Waals surface area contributed by atoms with Crippen molar-refractivity contribution in [2.45, 2.75) is 19.5 Å². The molecule has 0 saturated carbocycles. The fourth-order valence-corrected chi connectivity index (χ4v) is 1.58. The van der Waals surface area contributed by atoms with E-state index in [1.807, 2.05) is 18.2 Å². The zero-order valence-corrected chi connectivity index (χ0v) is 9.86. The van der Waals surface area contributed by atoms with Crippen molar-refractivity contribution in [3.05, 3.63) is 23.8 Å². The van der Waals surface area contributed by atoms with E-state index in [9.17, 15) is 4.79 Å². The predicted octanol–water partition coefficient (Wildman–Crippen LogP) is 1.07. The van der Waals surface area contributed by atoms with E-state index in [2.05, 4.69) is 10.1 Å². The molecule has 0 amide bonds. The molecule has 0 fully saturated rings. The predicted molar refractivity (Wildman–Crippen MR) is 60.9 cm³/mol. The van der Waals surface area contributed by atoms with Gasteiger partial charge in [0.05, 0.1) is 7.11 Å². The Hall–Kier alpha value is -1.75. The lowest BCUT2D eigenvalue weighted by Crippen LogP contribution is -2.34. The molecule has 92 valence electrons. The second-order valence-corrected chi connectivity index (χ2v) is 3.81. The quantitative estimate of drug-likeness (QED) is 0.794. The van der Waals surface area contributed by atoms with Gasteiger partial charge in [-0.25, -0.2) is 0 Å². The average Bonchev–Trinajstić information content (AvgIpc) is 2.82. The van der Waals surface area contributed by atoms with Crippen LogP contribution in [0, 0.1) is 0 Å². The average molecular weight is 237 g/mol. The van der Waals surface area contributed by atoms with Crippen molar-refractivity contribution in [3.63, 3.8) is 0 Å². The Morgan fingerprint density at radius 1 is 1.47 bits per heavy atom. The highest BCUT2D eigenvalue weighted by Crippen LogP contribution is 2.32. The third kappa shape index (κ3) is 2.68. The standard InChI is InChI=1S/C12H15NO4/c1-8(12(14)15-2)13-6-9-3-4-10-11(5-9)17-7-16-10/h3-5,8,13H,6-7H2,1-2H3/t8-/m0/s1. The molecule has 2 rings (SSSR count). The Labute approximate surface area is 99.7 Å². The summed E-state index contributed by atoms with van der Waals surface area (Å²) in [6, 6.07) is 5.37. The molecule has 1 aromatic rings. The number of rotatable bonds is 4. The van der Waals surface area contributed by atoms with Crippen molar-refractivity contribution < 1.29 is 19.0 Å². The van der Waals surface area contributed by atoms with Crippen LogP contribution in [-0.4, -0.2) is 25.9 Å². The first kappa shape index (κ1) is 11.7. The van der Waals surface area contributed by atoms with Crippen LogP contribution in [0.2, 0.25) is 0 Å². The van der Waals surface area contributed by atoms with Gasteiger partial charge in [-0.3, -0.25) is 4.79 Å². The normalized spacial score (nSPS) is 14.5. The first-order valence-corrected chi connectivity index (χ1v) is 5.40. The largest absolute Gasteiger partial charge is 0.468 e. The van der Waals surface area contributed by atoms with E-state index in [0.717, 1.165) is 17.1 Å². The number of fused-ring (bicyclic) bond motifs is 1. The Morgan fingerprint density at radius 2 is 2.24 bits per heavy atom. The molecule has 0 saturated heterocycles. The van der Waals surface area contributed by atoms with Gasteiger partial charge < -0.3 is 19.5 Å². The SMILES string of the molecule is COC(=O)[C@H](C)NCc1ccc2c(c1)OCO2. The summed E-state index contributed by atoms with van der Waals surface area (Å²) in [6.07, 6.45) is 0. The fourth-order valence-electron chi connectivity index (χ4n) is 1.58. The molecule has 0 aromatic heterocycles. The van der Waals surface area contributed by atoms with Crippen molar-refractivity contribution in [2.24, 2.45) is 0 Å². The Kier molecular flexibility index (Phi) is 3.49. The van der Waals surface area contributed by atoms with E-state index < -0.39 is 0 Å². The summed E-state index contributed by atoms with van der Waals surface area (Å²) in [6.45, 7) is 2.61. The maximum atomic E-state index is 11.2. The lowest BCUT2D eigenvalue weighted by molar-refractivity contribution is -0.142. The molecule has 5 heteroatoms. The van der Waals surface area contributed by atoms with Gasteiger partial charge in [0.1, 0.15) is 6.04 Å². The van der Waals surface area contributed by atoms with Crippen LogP contribution in [0.1, 0.15) is 12.5 Å². The summed E-state index contributed by atoms with van der Waals surface area (Å²) in [5, 5.41) is 3.07. The number of ether oxygens (including phenoxy) is 3. The highest BCUT2D eigenvalue weighted by atomic mass is 16.7. The van der Waals surface area contributed by atoms with Crippen LogP contribution < -0.4 is 14.8 Å². The first-order valence-electron chi connectivity index (χ1n) is 5.40. The Balaban J connectivity index is 1.93. The van der Waals surface area contributed by atoms with Gasteiger partial charge in [-0.15, -0.1) is 0 Å². The zero-order chi connectivity index (χ0) is 12.3. The number of esters is 1. The van der Waals surface area contributed by atoms with Crippen LogP contribution in [0.25, 0.3) is 0 Å². The molecular weight excluding hydrogens is 222 g/mol. The zero-order valence-electron chi connectivity index (χ0n) is 9.86. The van der Waals surface area contributed by atoms with E-state index in [1.165, 1.54) is 7.11 Å². The Bertz CT molecular complexity index is 419. The molecule has 0 radical (unpaired) electrons. The first-order chi connectivity index (χ1) is 8.20. The van der Waals surface area contributed by atoms with E-state index in [1.54, 1.807) is 6.92 Å². The molecule has 1 aliphatic heterocycles. The van der Waals surface area contributed by atoms with E-state index in [4.69, 9.17) is 9.47 Å². The molecule has 17 heavy (non-hydrogen) atoms. The van der Waals surface area contributed by atoms with E-state index in [0.29, 0.717) is 6.54 Å². The molecule has 1 aliphatic rings. The molecule has 1 N–H and O–H groups in total. The summed E-state index contributed by atoms with van der Waals surface area (Å²) in [4.78, 5) is 11.2. The minimum atomic E-state index is -0.328. The fraction of sp³-hybridized carbons (Fsp3) is 0.417. The van der Waals surface area contributed by atoms with E-state index >= 15 is 0 Å². The van der Waals surface area contributed by atoms with Crippen molar-refractivity contribution in [3.8, 4) is 11.5 Å². The highest BCUT2D eigenvalue weighted by molar-refractivity contribution is 5.75. The monoisotopic (exact) mass is 237 g/mol. The van der Waals surface area contributed by atoms with Crippen LogP contribution in [-0.2, 0) is 16.1 Å². The minimum absolute atomic E-state index is 0.269. The molecule has 1 aromatic carbocycles. The van der Waals surface area contributed by atoms with Crippen LogP contribution in [0.15, 0.2) is 18.2 Å². The van der Waals surface area contributed by atoms with Gasteiger partial charge in [-0.05, 0) is 24.6 Å². The lowest BCUT2D eigenvalue weighted by atomic mass is 10.2. The highest BCUT2D eigenvalue weighted by Gasteiger charge is 2.15. The van der Waals surface area contributed by atoms with Crippen LogP contribution in [0.3, 0.4) is 0 Å². The van der Waals surface area contributed by atoms with Crippen molar-refractivity contribution in [1.82, 2.24) is 5.32 Å². The molecule has 0 aliphatic carbocycles. The van der Waals surface area contributed by atoms with Crippen LogP contribution >= 0.6 is 0 Å². The van der Waals surface area contributed by atoms with Gasteiger partial charge in [0, 0.05) is 6.54 Å².